The first-order chi connectivity index (χ1) is 15.5. The van der Waals surface area contributed by atoms with Gasteiger partial charge in [0.2, 0.25) is 5.95 Å². The number of aromatic nitrogens is 5. The van der Waals surface area contributed by atoms with Crippen molar-refractivity contribution in [2.45, 2.75) is 26.8 Å². The molecule has 5 rings (SSSR count). The van der Waals surface area contributed by atoms with Gasteiger partial charge in [-0.2, -0.15) is 0 Å². The molecule has 2 N–H and O–H groups in total. The maximum absolute atomic E-state index is 10.7. The molecule has 1 fully saturated rings. The molecule has 1 unspecified atom stereocenters. The number of rotatable bonds is 4. The molecule has 3 aromatic heterocycles. The number of benzene rings is 1. The molecule has 0 bridgehead atoms. The maximum atomic E-state index is 10.7. The van der Waals surface area contributed by atoms with E-state index in [4.69, 9.17) is 0 Å². The van der Waals surface area contributed by atoms with Crippen LogP contribution >= 0.6 is 0 Å². The van der Waals surface area contributed by atoms with E-state index < -0.39 is 0 Å². The first kappa shape index (κ1) is 20.4. The second-order valence-electron chi connectivity index (χ2n) is 8.64. The van der Waals surface area contributed by atoms with E-state index in [1.165, 1.54) is 0 Å². The summed E-state index contributed by atoms with van der Waals surface area (Å²) in [6.45, 7) is 9.01. The summed E-state index contributed by atoms with van der Waals surface area (Å²) in [4.78, 5) is 11.2. The van der Waals surface area contributed by atoms with Gasteiger partial charge in [-0.05, 0) is 43.2 Å². The molecule has 0 radical (unpaired) electrons. The van der Waals surface area contributed by atoms with Gasteiger partial charge in [0.1, 0.15) is 11.4 Å². The predicted molar refractivity (Wildman–Crippen MR) is 125 cm³/mol. The molecule has 32 heavy (non-hydrogen) atoms. The number of aromatic hydroxyl groups is 1. The molecule has 0 aliphatic carbocycles. The highest BCUT2D eigenvalue weighted by atomic mass is 16.3. The number of nitrogens with one attached hydrogen (secondary N) is 1. The number of fused-ring (bicyclic) bond motifs is 1. The standard InChI is InChI=1S/C24H27N7O/c1-15(2)21-14-30(11-9-25-21)24-26-13-20(28-29-24)18-6-5-17(12-23(18)32)31-10-8-19-22(31)7-4-16(3)27-19/h4-8,10,12-13,15,21,25,32H,9,11,14H2,1-3H3. The number of phenolic OH excluding ortho intramolecular Hbond substituents is 1. The van der Waals surface area contributed by atoms with Crippen molar-refractivity contribution in [1.29, 1.82) is 0 Å². The lowest BCUT2D eigenvalue weighted by Crippen LogP contribution is -2.53. The number of hydrogen-bond acceptors (Lipinski definition) is 7. The quantitative estimate of drug-likeness (QED) is 0.514. The summed E-state index contributed by atoms with van der Waals surface area (Å²) in [5.41, 5.74) is 4.89. The molecule has 1 aromatic carbocycles. The monoisotopic (exact) mass is 429 g/mol. The summed E-state index contributed by atoms with van der Waals surface area (Å²) in [7, 11) is 0. The van der Waals surface area contributed by atoms with Gasteiger partial charge in [-0.3, -0.25) is 4.98 Å². The Morgan fingerprint density at radius 3 is 2.75 bits per heavy atom. The molecule has 8 nitrogen and oxygen atoms in total. The molecule has 1 saturated heterocycles. The Balaban J connectivity index is 1.39. The average Bonchev–Trinajstić information content (AvgIpc) is 3.22. The van der Waals surface area contributed by atoms with Crippen molar-refractivity contribution in [2.24, 2.45) is 5.92 Å². The molecule has 4 heterocycles. The Kier molecular flexibility index (Phi) is 5.22. The molecule has 4 aromatic rings. The average molecular weight is 430 g/mol. The predicted octanol–water partition coefficient (Wildman–Crippen LogP) is 3.33. The van der Waals surface area contributed by atoms with Crippen LogP contribution in [0.2, 0.25) is 0 Å². The van der Waals surface area contributed by atoms with E-state index in [9.17, 15) is 5.11 Å². The van der Waals surface area contributed by atoms with E-state index in [1.54, 1.807) is 12.3 Å². The minimum atomic E-state index is 0.135. The number of pyridine rings is 1. The highest BCUT2D eigenvalue weighted by Gasteiger charge is 2.23. The molecule has 1 aliphatic rings. The van der Waals surface area contributed by atoms with Crippen molar-refractivity contribution in [3.63, 3.8) is 0 Å². The van der Waals surface area contributed by atoms with E-state index in [2.05, 4.69) is 44.2 Å². The van der Waals surface area contributed by atoms with Gasteiger partial charge in [-0.15, -0.1) is 10.2 Å². The summed E-state index contributed by atoms with van der Waals surface area (Å²) >= 11 is 0. The van der Waals surface area contributed by atoms with Crippen molar-refractivity contribution in [1.82, 2.24) is 30.0 Å². The Bertz CT molecular complexity index is 1250. The van der Waals surface area contributed by atoms with Crippen molar-refractivity contribution in [3.8, 4) is 22.7 Å². The maximum Gasteiger partial charge on any atom is 0.245 e. The lowest BCUT2D eigenvalue weighted by Gasteiger charge is -2.35. The smallest absolute Gasteiger partial charge is 0.245 e. The zero-order valence-electron chi connectivity index (χ0n) is 18.5. The molecule has 164 valence electrons. The third kappa shape index (κ3) is 3.78. The van der Waals surface area contributed by atoms with E-state index in [-0.39, 0.29) is 5.75 Å². The van der Waals surface area contributed by atoms with Crippen LogP contribution in [0.1, 0.15) is 19.5 Å². The summed E-state index contributed by atoms with van der Waals surface area (Å²) in [5.74, 6) is 1.30. The van der Waals surface area contributed by atoms with Crippen molar-refractivity contribution >= 4 is 17.0 Å². The van der Waals surface area contributed by atoms with Gasteiger partial charge in [-0.25, -0.2) is 4.98 Å². The van der Waals surface area contributed by atoms with Crippen LogP contribution < -0.4 is 10.2 Å². The molecule has 1 aliphatic heterocycles. The molecule has 0 spiro atoms. The number of piperazine rings is 1. The second-order valence-corrected chi connectivity index (χ2v) is 8.64. The van der Waals surface area contributed by atoms with Crippen molar-refractivity contribution < 1.29 is 5.11 Å². The van der Waals surface area contributed by atoms with Crippen LogP contribution in [-0.2, 0) is 0 Å². The van der Waals surface area contributed by atoms with Gasteiger partial charge >= 0.3 is 0 Å². The summed E-state index contributed by atoms with van der Waals surface area (Å²) in [5, 5.41) is 23.0. The van der Waals surface area contributed by atoms with E-state index in [1.807, 2.05) is 48.0 Å². The zero-order valence-corrected chi connectivity index (χ0v) is 18.5. The summed E-state index contributed by atoms with van der Waals surface area (Å²) in [6, 6.07) is 11.9. The zero-order chi connectivity index (χ0) is 22.2. The largest absolute Gasteiger partial charge is 0.507 e. The third-order valence-corrected chi connectivity index (χ3v) is 6.06. The lowest BCUT2D eigenvalue weighted by molar-refractivity contribution is 0.365. The van der Waals surface area contributed by atoms with Crippen molar-refractivity contribution in [3.05, 3.63) is 54.5 Å². The highest BCUT2D eigenvalue weighted by Crippen LogP contribution is 2.31. The van der Waals surface area contributed by atoms with E-state index in [0.717, 1.165) is 42.0 Å². The molecular formula is C24H27N7O. The van der Waals surface area contributed by atoms with Gasteiger partial charge in [0.05, 0.1) is 17.2 Å². The first-order valence-corrected chi connectivity index (χ1v) is 11.0. The second kappa shape index (κ2) is 8.20. The Labute approximate surface area is 187 Å². The van der Waals surface area contributed by atoms with Crippen LogP contribution in [0.4, 0.5) is 5.95 Å². The van der Waals surface area contributed by atoms with Crippen molar-refractivity contribution in [2.75, 3.05) is 24.5 Å². The molecular weight excluding hydrogens is 402 g/mol. The van der Waals surface area contributed by atoms with Gasteiger partial charge in [-0.1, -0.05) is 13.8 Å². The van der Waals surface area contributed by atoms with Crippen LogP contribution in [0.25, 0.3) is 28.0 Å². The normalized spacial score (nSPS) is 16.8. The Hall–Kier alpha value is -3.52. The van der Waals surface area contributed by atoms with E-state index >= 15 is 0 Å². The fourth-order valence-corrected chi connectivity index (χ4v) is 4.18. The lowest BCUT2D eigenvalue weighted by atomic mass is 10.0. The first-order valence-electron chi connectivity index (χ1n) is 11.0. The number of hydrogen-bond donors (Lipinski definition) is 2. The van der Waals surface area contributed by atoms with Gasteiger partial charge in [0, 0.05) is 54.9 Å². The number of nitrogens with zero attached hydrogens (tertiary/aromatic N) is 6. The summed E-state index contributed by atoms with van der Waals surface area (Å²) in [6.07, 6.45) is 3.64. The van der Waals surface area contributed by atoms with Gasteiger partial charge < -0.3 is 19.9 Å². The SMILES string of the molecule is Cc1ccc2c(ccn2-c2ccc(-c3cnc(N4CCNC(C(C)C)C4)nn3)c(O)c2)n1. The fourth-order valence-electron chi connectivity index (χ4n) is 4.18. The number of anilines is 1. The Morgan fingerprint density at radius 1 is 1.12 bits per heavy atom. The Morgan fingerprint density at radius 2 is 2.00 bits per heavy atom. The van der Waals surface area contributed by atoms with Crippen LogP contribution in [0.5, 0.6) is 5.75 Å². The van der Waals surface area contributed by atoms with Crippen LogP contribution in [0.3, 0.4) is 0 Å². The minimum Gasteiger partial charge on any atom is -0.507 e. The minimum absolute atomic E-state index is 0.135. The summed E-state index contributed by atoms with van der Waals surface area (Å²) < 4.78 is 2.01. The van der Waals surface area contributed by atoms with Gasteiger partial charge in [0.25, 0.3) is 0 Å². The molecule has 8 heteroatoms. The molecule has 0 amide bonds. The number of aryl methyl sites for hydroxylation is 1. The van der Waals surface area contributed by atoms with E-state index in [0.29, 0.717) is 29.2 Å². The molecule has 1 atom stereocenters. The highest BCUT2D eigenvalue weighted by molar-refractivity contribution is 5.79. The van der Waals surface area contributed by atoms with Crippen LogP contribution in [-0.4, -0.2) is 55.5 Å². The number of phenols is 1. The van der Waals surface area contributed by atoms with Crippen LogP contribution in [0.15, 0.2) is 48.8 Å². The van der Waals surface area contributed by atoms with Gasteiger partial charge in [0.15, 0.2) is 0 Å². The van der Waals surface area contributed by atoms with Crippen LogP contribution in [0, 0.1) is 12.8 Å². The third-order valence-electron chi connectivity index (χ3n) is 6.06. The fraction of sp³-hybridized carbons (Fsp3) is 0.333. The topological polar surface area (TPSA) is 92.0 Å². The molecule has 0 saturated carbocycles.